The quantitative estimate of drug-likeness (QED) is 0.216. The molecule has 1 amide bonds. The predicted octanol–water partition coefficient (Wildman–Crippen LogP) is 1.95. The highest BCUT2D eigenvalue weighted by Gasteiger charge is 2.08. The number of carbonyl (C=O) groups is 1. The lowest BCUT2D eigenvalue weighted by atomic mass is 10.2. The van der Waals surface area contributed by atoms with Crippen molar-refractivity contribution in [2.75, 3.05) is 46.3 Å². The van der Waals surface area contributed by atoms with Gasteiger partial charge in [-0.25, -0.2) is 0 Å². The number of hydrogen-bond donors (Lipinski definition) is 3. The molecule has 7 heteroatoms. The highest BCUT2D eigenvalue weighted by atomic mass is 127. The van der Waals surface area contributed by atoms with Crippen LogP contribution in [0.15, 0.2) is 4.99 Å². The van der Waals surface area contributed by atoms with Crippen LogP contribution in [-0.4, -0.2) is 63.1 Å². The maximum absolute atomic E-state index is 11.5. The minimum absolute atomic E-state index is 0. The second-order valence-electron chi connectivity index (χ2n) is 6.14. The highest BCUT2D eigenvalue weighted by molar-refractivity contribution is 14.0. The monoisotopic (exact) mass is 453 g/mol. The fourth-order valence-corrected chi connectivity index (χ4v) is 2.74. The summed E-state index contributed by atoms with van der Waals surface area (Å²) in [5.41, 5.74) is 0. The molecule has 1 rings (SSSR count). The Labute approximate surface area is 164 Å². The number of nitrogens with one attached hydrogen (secondary N) is 3. The third-order valence-corrected chi connectivity index (χ3v) is 4.08. The van der Waals surface area contributed by atoms with Gasteiger partial charge in [0.15, 0.2) is 5.96 Å². The molecule has 0 aromatic heterocycles. The van der Waals surface area contributed by atoms with Crippen LogP contribution in [0.3, 0.4) is 0 Å². The summed E-state index contributed by atoms with van der Waals surface area (Å²) in [4.78, 5) is 18.3. The first-order valence-electron chi connectivity index (χ1n) is 9.19. The summed E-state index contributed by atoms with van der Waals surface area (Å²) in [6.07, 6.45) is 8.04. The van der Waals surface area contributed by atoms with Crippen molar-refractivity contribution in [3.05, 3.63) is 0 Å². The summed E-state index contributed by atoms with van der Waals surface area (Å²) in [7, 11) is 1.77. The molecule has 0 atom stereocenters. The van der Waals surface area contributed by atoms with Crippen molar-refractivity contribution in [3.8, 4) is 0 Å². The number of rotatable bonds is 9. The second kappa shape index (κ2) is 15.9. The number of carbonyl (C=O) groups excluding carboxylic acids is 1. The summed E-state index contributed by atoms with van der Waals surface area (Å²) < 4.78 is 0. The number of hydrogen-bond acceptors (Lipinski definition) is 3. The normalized spacial score (nSPS) is 16.0. The maximum Gasteiger partial charge on any atom is 0.221 e. The Morgan fingerprint density at radius 3 is 2.29 bits per heavy atom. The van der Waals surface area contributed by atoms with Crippen molar-refractivity contribution in [2.24, 2.45) is 4.99 Å². The van der Waals surface area contributed by atoms with Crippen molar-refractivity contribution in [1.82, 2.24) is 20.9 Å². The molecule has 0 radical (unpaired) electrons. The first-order valence-corrected chi connectivity index (χ1v) is 9.19. The fourth-order valence-electron chi connectivity index (χ4n) is 2.74. The third kappa shape index (κ3) is 11.9. The highest BCUT2D eigenvalue weighted by Crippen LogP contribution is 2.09. The molecule has 0 spiro atoms. The molecule has 1 heterocycles. The zero-order valence-corrected chi connectivity index (χ0v) is 17.7. The average Bonchev–Trinajstić information content (AvgIpc) is 2.83. The number of halogens is 1. The van der Waals surface area contributed by atoms with Gasteiger partial charge in [0.05, 0.1) is 0 Å². The van der Waals surface area contributed by atoms with E-state index < -0.39 is 0 Å². The molecule has 24 heavy (non-hydrogen) atoms. The van der Waals surface area contributed by atoms with Gasteiger partial charge in [0.2, 0.25) is 5.91 Å². The molecule has 6 nitrogen and oxygen atoms in total. The Hall–Kier alpha value is -0.570. The third-order valence-electron chi connectivity index (χ3n) is 4.08. The Morgan fingerprint density at radius 2 is 1.67 bits per heavy atom. The average molecular weight is 453 g/mol. The molecule has 1 aliphatic rings. The molecule has 1 aliphatic heterocycles. The van der Waals surface area contributed by atoms with Crippen LogP contribution in [0.1, 0.15) is 51.9 Å². The van der Waals surface area contributed by atoms with Crippen LogP contribution in [0.5, 0.6) is 0 Å². The topological polar surface area (TPSA) is 68.8 Å². The van der Waals surface area contributed by atoms with Gasteiger partial charge in [0.1, 0.15) is 0 Å². The lowest BCUT2D eigenvalue weighted by Crippen LogP contribution is -2.40. The van der Waals surface area contributed by atoms with E-state index in [2.05, 4.69) is 32.8 Å². The molecule has 0 saturated carbocycles. The molecule has 0 bridgehead atoms. The number of amides is 1. The van der Waals surface area contributed by atoms with Crippen molar-refractivity contribution < 1.29 is 4.79 Å². The Morgan fingerprint density at radius 1 is 1.00 bits per heavy atom. The van der Waals surface area contributed by atoms with Crippen molar-refractivity contribution in [2.45, 2.75) is 51.9 Å². The molecular formula is C17H36IN5O. The summed E-state index contributed by atoms with van der Waals surface area (Å²) in [6, 6.07) is 0. The van der Waals surface area contributed by atoms with Gasteiger partial charge in [-0.05, 0) is 45.3 Å². The van der Waals surface area contributed by atoms with Gasteiger partial charge >= 0.3 is 0 Å². The second-order valence-corrected chi connectivity index (χ2v) is 6.14. The lowest BCUT2D eigenvalue weighted by molar-refractivity contribution is -0.120. The van der Waals surface area contributed by atoms with Crippen molar-refractivity contribution in [3.63, 3.8) is 0 Å². The zero-order valence-electron chi connectivity index (χ0n) is 15.4. The first kappa shape index (κ1) is 23.4. The van der Waals surface area contributed by atoms with Crippen LogP contribution >= 0.6 is 24.0 Å². The fraction of sp³-hybridized carbons (Fsp3) is 0.882. The van der Waals surface area contributed by atoms with Gasteiger partial charge in [-0.2, -0.15) is 0 Å². The molecule has 0 unspecified atom stereocenters. The Kier molecular flexibility index (Phi) is 15.6. The number of guanidine groups is 1. The standard InChI is InChI=1S/C17H35N5O.HI/c1-3-10-19-16(23)9-12-21-17(18-2)20-11-8-15-22-13-6-4-5-7-14-22;/h3-15H2,1-2H3,(H,19,23)(H2,18,20,21);1H. The summed E-state index contributed by atoms with van der Waals surface area (Å²) >= 11 is 0. The van der Waals surface area contributed by atoms with E-state index in [1.165, 1.54) is 38.8 Å². The van der Waals surface area contributed by atoms with E-state index in [4.69, 9.17) is 0 Å². The van der Waals surface area contributed by atoms with Gasteiger partial charge in [0, 0.05) is 33.1 Å². The van der Waals surface area contributed by atoms with E-state index in [0.717, 1.165) is 38.4 Å². The molecule has 142 valence electrons. The van der Waals surface area contributed by atoms with E-state index in [0.29, 0.717) is 13.0 Å². The summed E-state index contributed by atoms with van der Waals surface area (Å²) in [6.45, 7) is 7.99. The minimum Gasteiger partial charge on any atom is -0.356 e. The summed E-state index contributed by atoms with van der Waals surface area (Å²) in [5, 5.41) is 9.38. The number of likely N-dealkylation sites (tertiary alicyclic amines) is 1. The minimum atomic E-state index is 0. The molecule has 1 fully saturated rings. The van der Waals surface area contributed by atoms with Crippen LogP contribution in [0.4, 0.5) is 0 Å². The van der Waals surface area contributed by atoms with E-state index in [1.54, 1.807) is 7.05 Å². The first-order chi connectivity index (χ1) is 11.3. The zero-order chi connectivity index (χ0) is 16.8. The lowest BCUT2D eigenvalue weighted by Gasteiger charge is -2.20. The SMILES string of the molecule is CCCNC(=O)CCNC(=NC)NCCCN1CCCCCC1.I. The van der Waals surface area contributed by atoms with E-state index in [1.807, 2.05) is 0 Å². The smallest absolute Gasteiger partial charge is 0.221 e. The maximum atomic E-state index is 11.5. The molecule has 0 aromatic carbocycles. The van der Waals surface area contributed by atoms with Crippen molar-refractivity contribution in [1.29, 1.82) is 0 Å². The largest absolute Gasteiger partial charge is 0.356 e. The molecule has 1 saturated heterocycles. The number of nitrogens with zero attached hydrogens (tertiary/aromatic N) is 2. The van der Waals surface area contributed by atoms with Gasteiger partial charge < -0.3 is 20.9 Å². The van der Waals surface area contributed by atoms with Crippen molar-refractivity contribution >= 4 is 35.8 Å². The number of aliphatic imine (C=N–C) groups is 1. The van der Waals surface area contributed by atoms with Crippen LogP contribution in [0, 0.1) is 0 Å². The Balaban J connectivity index is 0.00000529. The molecular weight excluding hydrogens is 417 g/mol. The van der Waals surface area contributed by atoms with Gasteiger partial charge in [-0.1, -0.05) is 19.8 Å². The van der Waals surface area contributed by atoms with Crippen LogP contribution in [0.25, 0.3) is 0 Å². The van der Waals surface area contributed by atoms with E-state index in [-0.39, 0.29) is 29.9 Å². The van der Waals surface area contributed by atoms with Gasteiger partial charge in [0.25, 0.3) is 0 Å². The summed E-state index contributed by atoms with van der Waals surface area (Å²) in [5.74, 6) is 0.875. The Bertz CT molecular complexity index is 344. The van der Waals surface area contributed by atoms with Gasteiger partial charge in [-0.15, -0.1) is 24.0 Å². The molecule has 3 N–H and O–H groups in total. The predicted molar refractivity (Wildman–Crippen MR) is 112 cm³/mol. The van der Waals surface area contributed by atoms with E-state index >= 15 is 0 Å². The van der Waals surface area contributed by atoms with E-state index in [9.17, 15) is 4.79 Å². The van der Waals surface area contributed by atoms with Gasteiger partial charge in [-0.3, -0.25) is 9.79 Å². The molecule has 0 aliphatic carbocycles. The van der Waals surface area contributed by atoms with Crippen LogP contribution < -0.4 is 16.0 Å². The van der Waals surface area contributed by atoms with Crippen LogP contribution in [-0.2, 0) is 4.79 Å². The van der Waals surface area contributed by atoms with Crippen LogP contribution in [0.2, 0.25) is 0 Å². The molecule has 0 aromatic rings.